The highest BCUT2D eigenvalue weighted by Crippen LogP contribution is 2.44. The molecule has 8 aromatic carbocycles. The van der Waals surface area contributed by atoms with Crippen LogP contribution in [0.5, 0.6) is 0 Å². The van der Waals surface area contributed by atoms with E-state index < -0.39 is 8.07 Å². The van der Waals surface area contributed by atoms with E-state index in [9.17, 15) is 0 Å². The molecular formula is C48H35NSSi. The summed E-state index contributed by atoms with van der Waals surface area (Å²) in [5, 5.41) is 8.32. The van der Waals surface area contributed by atoms with Crippen LogP contribution in [0.15, 0.2) is 176 Å². The second-order valence-corrected chi connectivity index (χ2v) is 19.6. The Morgan fingerprint density at radius 1 is 0.431 bits per heavy atom. The number of hydrogen-bond donors (Lipinski definition) is 0. The molecule has 0 atom stereocenters. The first-order valence-corrected chi connectivity index (χ1v) is 21.5. The lowest BCUT2D eigenvalue weighted by Crippen LogP contribution is -2.49. The van der Waals surface area contributed by atoms with Crippen LogP contribution in [0.4, 0.5) is 17.1 Å². The quantitative estimate of drug-likeness (QED) is 0.163. The summed E-state index contributed by atoms with van der Waals surface area (Å²) in [6.45, 7) is 5.05. The molecule has 2 heterocycles. The number of hydrogen-bond acceptors (Lipinski definition) is 2. The number of rotatable bonds is 5. The van der Waals surface area contributed by atoms with E-state index in [0.717, 1.165) is 11.4 Å². The van der Waals surface area contributed by atoms with Crippen molar-refractivity contribution < 1.29 is 0 Å². The molecule has 10 rings (SSSR count). The molecule has 3 heteroatoms. The maximum Gasteiger partial charge on any atom is 0.114 e. The summed E-state index contributed by atoms with van der Waals surface area (Å²) in [5.41, 5.74) is 11.2. The normalized spacial score (nSPS) is 13.1. The highest BCUT2D eigenvalue weighted by Gasteiger charge is 2.39. The van der Waals surface area contributed by atoms with Crippen LogP contribution >= 0.6 is 11.3 Å². The molecule has 242 valence electrons. The number of benzene rings is 8. The summed E-state index contributed by atoms with van der Waals surface area (Å²) in [6.07, 6.45) is 0. The van der Waals surface area contributed by atoms with E-state index in [1.165, 1.54) is 75.2 Å². The van der Waals surface area contributed by atoms with Gasteiger partial charge in [-0.2, -0.15) is 0 Å². The van der Waals surface area contributed by atoms with Crippen LogP contribution in [0.3, 0.4) is 0 Å². The Morgan fingerprint density at radius 2 is 1.10 bits per heavy atom. The van der Waals surface area contributed by atoms with Crippen molar-refractivity contribution in [3.63, 3.8) is 0 Å². The molecule has 0 bridgehead atoms. The van der Waals surface area contributed by atoms with Gasteiger partial charge in [0.25, 0.3) is 0 Å². The van der Waals surface area contributed by atoms with Gasteiger partial charge in [0.15, 0.2) is 0 Å². The van der Waals surface area contributed by atoms with E-state index in [1.54, 1.807) is 5.19 Å². The zero-order valence-corrected chi connectivity index (χ0v) is 30.4. The summed E-state index contributed by atoms with van der Waals surface area (Å²) in [6, 6.07) is 65.1. The second kappa shape index (κ2) is 11.7. The lowest BCUT2D eigenvalue weighted by molar-refractivity contribution is 1.29. The van der Waals surface area contributed by atoms with Crippen molar-refractivity contribution in [2.24, 2.45) is 0 Å². The summed E-state index contributed by atoms with van der Waals surface area (Å²) in [5.74, 6) is 0. The molecule has 51 heavy (non-hydrogen) atoms. The highest BCUT2D eigenvalue weighted by atomic mass is 32.1. The third kappa shape index (κ3) is 4.88. The summed E-state index contributed by atoms with van der Waals surface area (Å²) in [7, 11) is -1.99. The molecule has 0 spiro atoms. The maximum absolute atomic E-state index is 2.53. The molecule has 1 nitrogen and oxygen atoms in total. The number of anilines is 3. The van der Waals surface area contributed by atoms with Gasteiger partial charge < -0.3 is 4.90 Å². The van der Waals surface area contributed by atoms with Crippen molar-refractivity contribution in [2.75, 3.05) is 4.90 Å². The van der Waals surface area contributed by atoms with Crippen LogP contribution in [0.2, 0.25) is 13.1 Å². The van der Waals surface area contributed by atoms with Crippen LogP contribution in [0.1, 0.15) is 0 Å². The first-order valence-electron chi connectivity index (χ1n) is 17.7. The fourth-order valence-corrected chi connectivity index (χ4v) is 12.6. The standard InChI is InChI=1S/C48H35NSSi/c1-51(2)45-28-27-42-41-17-8-9-18-44(41)50-48(42)47(45)43-26-25-40(31-46(43)51)49(39-16-10-15-36(30-39)32-11-4-3-5-12-32)38-23-21-34(22-24-38)37-20-19-33-13-6-7-14-35(33)29-37/h3-31H,1-2H3. The molecule has 0 radical (unpaired) electrons. The molecule has 0 amide bonds. The van der Waals surface area contributed by atoms with Gasteiger partial charge in [0.2, 0.25) is 0 Å². The molecule has 1 aliphatic rings. The number of nitrogens with zero attached hydrogens (tertiary/aromatic N) is 1. The van der Waals surface area contributed by atoms with E-state index in [4.69, 9.17) is 0 Å². The second-order valence-electron chi connectivity index (χ2n) is 14.2. The molecule has 0 aliphatic carbocycles. The van der Waals surface area contributed by atoms with Gasteiger partial charge in [0, 0.05) is 37.2 Å². The van der Waals surface area contributed by atoms with Crippen LogP contribution in [0, 0.1) is 0 Å². The third-order valence-electron chi connectivity index (χ3n) is 10.8. The molecule has 0 N–H and O–H groups in total. The average molecular weight is 686 g/mol. The minimum atomic E-state index is -1.99. The third-order valence-corrected chi connectivity index (χ3v) is 15.6. The zero-order valence-electron chi connectivity index (χ0n) is 28.6. The topological polar surface area (TPSA) is 3.24 Å². The fraction of sp³-hybridized carbons (Fsp3) is 0.0417. The Labute approximate surface area is 303 Å². The van der Waals surface area contributed by atoms with E-state index in [1.807, 2.05) is 11.3 Å². The Balaban J connectivity index is 1.12. The Morgan fingerprint density at radius 3 is 1.96 bits per heavy atom. The van der Waals surface area contributed by atoms with Crippen molar-refractivity contribution in [1.29, 1.82) is 0 Å². The lowest BCUT2D eigenvalue weighted by Gasteiger charge is -2.28. The van der Waals surface area contributed by atoms with E-state index in [2.05, 4.69) is 194 Å². The largest absolute Gasteiger partial charge is 0.310 e. The summed E-state index contributed by atoms with van der Waals surface area (Å²) >= 11 is 1.95. The first-order chi connectivity index (χ1) is 25.0. The molecule has 0 unspecified atom stereocenters. The molecule has 1 aromatic heterocycles. The van der Waals surface area contributed by atoms with Gasteiger partial charge >= 0.3 is 0 Å². The van der Waals surface area contributed by atoms with E-state index in [-0.39, 0.29) is 0 Å². The van der Waals surface area contributed by atoms with E-state index in [0.29, 0.717) is 0 Å². The Kier molecular flexibility index (Phi) is 6.89. The van der Waals surface area contributed by atoms with Crippen LogP contribution in [0.25, 0.3) is 64.3 Å². The minimum Gasteiger partial charge on any atom is -0.310 e. The maximum atomic E-state index is 2.53. The molecule has 0 saturated heterocycles. The van der Waals surface area contributed by atoms with Crippen LogP contribution < -0.4 is 15.3 Å². The van der Waals surface area contributed by atoms with Crippen molar-refractivity contribution in [1.82, 2.24) is 0 Å². The summed E-state index contributed by atoms with van der Waals surface area (Å²) in [4.78, 5) is 2.44. The van der Waals surface area contributed by atoms with Crippen LogP contribution in [-0.4, -0.2) is 8.07 Å². The van der Waals surface area contributed by atoms with Crippen molar-refractivity contribution in [3.8, 4) is 33.4 Å². The van der Waals surface area contributed by atoms with Crippen molar-refractivity contribution in [2.45, 2.75) is 13.1 Å². The van der Waals surface area contributed by atoms with Gasteiger partial charge in [0.05, 0.1) is 0 Å². The van der Waals surface area contributed by atoms with Gasteiger partial charge in [-0.1, -0.05) is 140 Å². The fourth-order valence-electron chi connectivity index (χ4n) is 8.20. The van der Waals surface area contributed by atoms with Gasteiger partial charge in [-0.05, 0) is 103 Å². The van der Waals surface area contributed by atoms with Crippen molar-refractivity contribution in [3.05, 3.63) is 176 Å². The highest BCUT2D eigenvalue weighted by molar-refractivity contribution is 7.26. The minimum absolute atomic E-state index is 1.14. The molecular weight excluding hydrogens is 651 g/mol. The molecule has 0 fully saturated rings. The van der Waals surface area contributed by atoms with Gasteiger partial charge in [-0.25, -0.2) is 0 Å². The zero-order chi connectivity index (χ0) is 34.1. The molecule has 9 aromatic rings. The Bertz CT molecular complexity index is 2780. The summed E-state index contributed by atoms with van der Waals surface area (Å²) < 4.78 is 2.79. The van der Waals surface area contributed by atoms with E-state index >= 15 is 0 Å². The first kappa shape index (κ1) is 30.1. The molecule has 0 saturated carbocycles. The number of fused-ring (bicyclic) bond motifs is 8. The monoisotopic (exact) mass is 685 g/mol. The van der Waals surface area contributed by atoms with Gasteiger partial charge in [-0.3, -0.25) is 0 Å². The predicted molar refractivity (Wildman–Crippen MR) is 225 cm³/mol. The van der Waals surface area contributed by atoms with Gasteiger partial charge in [-0.15, -0.1) is 11.3 Å². The van der Waals surface area contributed by atoms with Crippen LogP contribution in [-0.2, 0) is 0 Å². The SMILES string of the molecule is C[Si]1(C)c2cc(N(c3ccc(-c4ccc5ccccc5c4)cc3)c3cccc(-c4ccccc4)c3)ccc2-c2c1ccc1c2sc2ccccc21. The number of thiophene rings is 1. The lowest BCUT2D eigenvalue weighted by atomic mass is 10.00. The molecule has 1 aliphatic heterocycles. The Hall–Kier alpha value is -5.74. The smallest absolute Gasteiger partial charge is 0.114 e. The average Bonchev–Trinajstić information content (AvgIpc) is 3.67. The van der Waals surface area contributed by atoms with Crippen molar-refractivity contribution >= 4 is 77.8 Å². The van der Waals surface area contributed by atoms with Gasteiger partial charge in [0.1, 0.15) is 8.07 Å². The predicted octanol–water partition coefficient (Wildman–Crippen LogP) is 12.8.